The molecule has 2 rings (SSSR count). The molecule has 0 aromatic rings. The van der Waals surface area contributed by atoms with Crippen molar-refractivity contribution < 1.29 is 14.3 Å². The topological polar surface area (TPSA) is 59.0 Å². The molecule has 2 aliphatic heterocycles. The summed E-state index contributed by atoms with van der Waals surface area (Å²) in [5.41, 5.74) is 0. The molecule has 5 nitrogen and oxygen atoms in total. The average molecular weight is 152 g/mol. The molecule has 0 saturated carbocycles. The van der Waals surface area contributed by atoms with E-state index in [-0.39, 0.29) is 0 Å². The zero-order valence-corrected chi connectivity index (χ0v) is 5.43. The van der Waals surface area contributed by atoms with E-state index in [1.54, 1.807) is 6.08 Å². The van der Waals surface area contributed by atoms with Crippen LogP contribution < -0.4 is 0 Å². The van der Waals surface area contributed by atoms with Gasteiger partial charge in [0, 0.05) is 12.4 Å². The number of aliphatic imine (C=N–C) groups is 1. The third kappa shape index (κ3) is 0.739. The maximum Gasteiger partial charge on any atom is 0.423 e. The lowest BCUT2D eigenvalue weighted by atomic mass is 10.4. The molecule has 0 radical (unpaired) electrons. The van der Waals surface area contributed by atoms with Crippen molar-refractivity contribution in [3.63, 3.8) is 0 Å². The molecule has 1 amide bonds. The van der Waals surface area contributed by atoms with Gasteiger partial charge in [-0.05, 0) is 6.08 Å². The Labute approximate surface area is 62.0 Å². The zero-order valence-electron chi connectivity index (χ0n) is 5.43. The number of hydrogen-bond donors (Lipinski definition) is 0. The van der Waals surface area contributed by atoms with Crippen LogP contribution in [0.3, 0.4) is 0 Å². The SMILES string of the molecule is O=C1OC(=O)N2C=CC=NC12. The van der Waals surface area contributed by atoms with Gasteiger partial charge in [0.15, 0.2) is 0 Å². The molecular weight excluding hydrogens is 148 g/mol. The van der Waals surface area contributed by atoms with Crippen LogP contribution in [0.2, 0.25) is 0 Å². The maximum atomic E-state index is 10.8. The summed E-state index contributed by atoms with van der Waals surface area (Å²) in [5, 5.41) is 0. The highest BCUT2D eigenvalue weighted by Crippen LogP contribution is 2.16. The van der Waals surface area contributed by atoms with Gasteiger partial charge in [-0.3, -0.25) is 9.89 Å². The molecule has 11 heavy (non-hydrogen) atoms. The van der Waals surface area contributed by atoms with E-state index in [2.05, 4.69) is 9.73 Å². The van der Waals surface area contributed by atoms with Crippen molar-refractivity contribution in [1.29, 1.82) is 0 Å². The number of nitrogens with zero attached hydrogens (tertiary/aromatic N) is 2. The van der Waals surface area contributed by atoms with Gasteiger partial charge < -0.3 is 4.74 Å². The van der Waals surface area contributed by atoms with Crippen LogP contribution in [0.15, 0.2) is 17.3 Å². The first-order valence-electron chi connectivity index (χ1n) is 3.03. The normalized spacial score (nSPS) is 27.3. The Hall–Kier alpha value is -1.65. The van der Waals surface area contributed by atoms with Crippen molar-refractivity contribution in [3.05, 3.63) is 12.3 Å². The number of allylic oxidation sites excluding steroid dienone is 1. The molecule has 2 aliphatic rings. The van der Waals surface area contributed by atoms with Gasteiger partial charge in [-0.25, -0.2) is 9.59 Å². The Morgan fingerprint density at radius 3 is 3.09 bits per heavy atom. The van der Waals surface area contributed by atoms with Gasteiger partial charge in [0.05, 0.1) is 0 Å². The molecule has 0 bridgehead atoms. The highest BCUT2D eigenvalue weighted by Gasteiger charge is 2.40. The molecule has 0 aliphatic carbocycles. The largest absolute Gasteiger partial charge is 0.423 e. The Morgan fingerprint density at radius 1 is 1.55 bits per heavy atom. The summed E-state index contributed by atoms with van der Waals surface area (Å²) >= 11 is 0. The number of cyclic esters (lactones) is 2. The van der Waals surface area contributed by atoms with E-state index < -0.39 is 18.2 Å². The number of amides is 1. The summed E-state index contributed by atoms with van der Waals surface area (Å²) in [6.45, 7) is 0. The summed E-state index contributed by atoms with van der Waals surface area (Å²) in [6, 6.07) is 0. The second-order valence-corrected chi connectivity index (χ2v) is 2.11. The van der Waals surface area contributed by atoms with Crippen LogP contribution in [-0.2, 0) is 9.53 Å². The van der Waals surface area contributed by atoms with Gasteiger partial charge in [-0.1, -0.05) is 0 Å². The van der Waals surface area contributed by atoms with Gasteiger partial charge in [0.25, 0.3) is 0 Å². The molecule has 1 saturated heterocycles. The molecular formula is C6H4N2O3. The van der Waals surface area contributed by atoms with E-state index in [9.17, 15) is 9.59 Å². The molecule has 1 atom stereocenters. The van der Waals surface area contributed by atoms with Crippen molar-refractivity contribution in [1.82, 2.24) is 4.90 Å². The number of ether oxygens (including phenoxy) is 1. The number of hydrogen-bond acceptors (Lipinski definition) is 4. The molecule has 2 heterocycles. The zero-order chi connectivity index (χ0) is 7.84. The van der Waals surface area contributed by atoms with Crippen LogP contribution in [0.4, 0.5) is 4.79 Å². The summed E-state index contributed by atoms with van der Waals surface area (Å²) in [4.78, 5) is 26.4. The Balaban J connectivity index is 2.37. The van der Waals surface area contributed by atoms with Crippen LogP contribution in [-0.4, -0.2) is 29.3 Å². The standard InChI is InChI=1S/C6H4N2O3/c9-5-4-7-2-1-3-8(4)6(10)11-5/h1-4H. The van der Waals surface area contributed by atoms with Gasteiger partial charge >= 0.3 is 12.1 Å². The fourth-order valence-corrected chi connectivity index (χ4v) is 0.942. The number of carbonyl (C=O) groups is 2. The van der Waals surface area contributed by atoms with Crippen molar-refractivity contribution in [2.75, 3.05) is 0 Å². The van der Waals surface area contributed by atoms with E-state index in [1.165, 1.54) is 12.4 Å². The van der Waals surface area contributed by atoms with Crippen LogP contribution in [0, 0.1) is 0 Å². The summed E-state index contributed by atoms with van der Waals surface area (Å²) in [5.74, 6) is -0.615. The second-order valence-electron chi connectivity index (χ2n) is 2.11. The van der Waals surface area contributed by atoms with Crippen LogP contribution >= 0.6 is 0 Å². The molecule has 1 fully saturated rings. The first kappa shape index (κ1) is 6.09. The molecule has 0 N–H and O–H groups in total. The predicted molar refractivity (Wildman–Crippen MR) is 34.7 cm³/mol. The van der Waals surface area contributed by atoms with E-state index in [0.717, 1.165) is 4.90 Å². The summed E-state index contributed by atoms with van der Waals surface area (Å²) < 4.78 is 4.29. The molecule has 0 aromatic carbocycles. The average Bonchev–Trinajstić information content (AvgIpc) is 2.30. The first-order valence-corrected chi connectivity index (χ1v) is 3.03. The molecule has 0 spiro atoms. The lowest BCUT2D eigenvalue weighted by Gasteiger charge is -2.12. The van der Waals surface area contributed by atoms with Crippen LogP contribution in [0.25, 0.3) is 0 Å². The fraction of sp³-hybridized carbons (Fsp3) is 0.167. The third-order valence-electron chi connectivity index (χ3n) is 1.43. The third-order valence-corrected chi connectivity index (χ3v) is 1.43. The van der Waals surface area contributed by atoms with E-state index in [1.807, 2.05) is 0 Å². The highest BCUT2D eigenvalue weighted by atomic mass is 16.6. The second kappa shape index (κ2) is 1.91. The first-order chi connectivity index (χ1) is 5.29. The Bertz CT molecular complexity index is 254. The van der Waals surface area contributed by atoms with Crippen LogP contribution in [0.1, 0.15) is 0 Å². The number of carbonyl (C=O) groups excluding carboxylic acids is 2. The number of fused-ring (bicyclic) bond motifs is 1. The summed E-state index contributed by atoms with van der Waals surface area (Å²) in [6.07, 6.45) is 3.04. The molecule has 1 unspecified atom stereocenters. The van der Waals surface area contributed by atoms with Crippen LogP contribution in [0.5, 0.6) is 0 Å². The van der Waals surface area contributed by atoms with Crippen molar-refractivity contribution >= 4 is 18.3 Å². The minimum absolute atomic E-state index is 0.615. The fourth-order valence-electron chi connectivity index (χ4n) is 0.942. The van der Waals surface area contributed by atoms with Gasteiger partial charge in [-0.2, -0.15) is 0 Å². The Morgan fingerprint density at radius 2 is 2.36 bits per heavy atom. The monoisotopic (exact) mass is 152 g/mol. The number of rotatable bonds is 0. The number of esters is 1. The maximum absolute atomic E-state index is 10.8. The summed E-state index contributed by atoms with van der Waals surface area (Å²) in [7, 11) is 0. The highest BCUT2D eigenvalue weighted by molar-refractivity contribution is 5.98. The van der Waals surface area contributed by atoms with Crippen molar-refractivity contribution in [3.8, 4) is 0 Å². The van der Waals surface area contributed by atoms with E-state index in [0.29, 0.717) is 0 Å². The van der Waals surface area contributed by atoms with Gasteiger partial charge in [0.1, 0.15) is 0 Å². The van der Waals surface area contributed by atoms with E-state index >= 15 is 0 Å². The Kier molecular flexibility index (Phi) is 1.06. The van der Waals surface area contributed by atoms with Gasteiger partial charge in [0.2, 0.25) is 6.17 Å². The lowest BCUT2D eigenvalue weighted by Crippen LogP contribution is -2.30. The van der Waals surface area contributed by atoms with Crippen molar-refractivity contribution in [2.45, 2.75) is 6.17 Å². The predicted octanol–water partition coefficient (Wildman–Crippen LogP) is -0.111. The van der Waals surface area contributed by atoms with Gasteiger partial charge in [-0.15, -0.1) is 0 Å². The minimum Gasteiger partial charge on any atom is -0.373 e. The minimum atomic E-state index is -0.785. The molecule has 0 aromatic heterocycles. The molecule has 5 heteroatoms. The van der Waals surface area contributed by atoms with Crippen molar-refractivity contribution in [2.24, 2.45) is 4.99 Å². The van der Waals surface area contributed by atoms with E-state index in [4.69, 9.17) is 0 Å². The smallest absolute Gasteiger partial charge is 0.373 e. The quantitative estimate of drug-likeness (QED) is 0.359. The molecule has 56 valence electrons. The lowest BCUT2D eigenvalue weighted by molar-refractivity contribution is -0.135.